The maximum Gasteiger partial charge on any atom is 0.250 e. The van der Waals surface area contributed by atoms with E-state index in [1.54, 1.807) is 26.2 Å². The molecule has 0 bridgehead atoms. The van der Waals surface area contributed by atoms with Crippen LogP contribution in [0.5, 0.6) is 0 Å². The second kappa shape index (κ2) is 6.72. The highest BCUT2D eigenvalue weighted by Crippen LogP contribution is 2.31. The molecule has 2 aromatic rings. The molecule has 0 atom stereocenters. The first-order valence-electron chi connectivity index (χ1n) is 8.22. The van der Waals surface area contributed by atoms with Crippen molar-refractivity contribution in [2.24, 2.45) is 7.05 Å². The van der Waals surface area contributed by atoms with E-state index < -0.39 is 15.8 Å². The third-order valence-corrected chi connectivity index (χ3v) is 6.87. The normalized spacial score (nSPS) is 16.9. The summed E-state index contributed by atoms with van der Waals surface area (Å²) in [5.74, 6) is -0.268. The average molecular weight is 364 g/mol. The van der Waals surface area contributed by atoms with E-state index in [0.29, 0.717) is 31.5 Å². The van der Waals surface area contributed by atoms with Crippen LogP contribution < -0.4 is 5.56 Å². The fourth-order valence-electron chi connectivity index (χ4n) is 3.29. The number of sulfonamides is 1. The van der Waals surface area contributed by atoms with Crippen LogP contribution in [0.25, 0.3) is 0 Å². The van der Waals surface area contributed by atoms with Gasteiger partial charge in [0.2, 0.25) is 10.0 Å². The predicted octanol–water partition coefficient (Wildman–Crippen LogP) is 2.40. The number of halogens is 1. The Morgan fingerprint density at radius 1 is 1.12 bits per heavy atom. The summed E-state index contributed by atoms with van der Waals surface area (Å²) in [4.78, 5) is 11.9. The number of hydrogen-bond donors (Lipinski definition) is 0. The van der Waals surface area contributed by atoms with Crippen LogP contribution in [-0.2, 0) is 17.1 Å². The minimum absolute atomic E-state index is 0.0607. The fourth-order valence-corrected chi connectivity index (χ4v) is 4.96. The van der Waals surface area contributed by atoms with Crippen molar-refractivity contribution in [2.75, 3.05) is 13.1 Å². The van der Waals surface area contributed by atoms with Gasteiger partial charge >= 0.3 is 0 Å². The van der Waals surface area contributed by atoms with Crippen molar-refractivity contribution >= 4 is 10.0 Å². The van der Waals surface area contributed by atoms with E-state index in [2.05, 4.69) is 0 Å². The van der Waals surface area contributed by atoms with Crippen molar-refractivity contribution in [1.29, 1.82) is 0 Å². The highest BCUT2D eigenvalue weighted by atomic mass is 32.2. The lowest BCUT2D eigenvalue weighted by molar-refractivity contribution is 0.319. The highest BCUT2D eigenvalue weighted by molar-refractivity contribution is 7.89. The number of rotatable bonds is 3. The molecule has 0 aliphatic carbocycles. The van der Waals surface area contributed by atoms with E-state index in [1.165, 1.54) is 27.1 Å². The van der Waals surface area contributed by atoms with Crippen LogP contribution in [0.1, 0.15) is 29.9 Å². The molecule has 5 nitrogen and oxygen atoms in total. The molecule has 3 rings (SSSR count). The molecule has 1 aromatic carbocycles. The zero-order valence-corrected chi connectivity index (χ0v) is 15.1. The first-order chi connectivity index (χ1) is 11.8. The third-order valence-electron chi connectivity index (χ3n) is 4.81. The Bertz CT molecular complexity index is 945. The standard InChI is InChI=1S/C18H21FN2O3S/c1-13-11-16(19)3-4-17(13)25(23,24)21-9-6-14(7-10-21)15-5-8-20(2)18(22)12-15/h3-5,8,11-12,14H,6-7,9-10H2,1-2H3. The van der Waals surface area contributed by atoms with Crippen LogP contribution in [0.3, 0.4) is 0 Å². The average Bonchev–Trinajstić information content (AvgIpc) is 2.57. The second-order valence-electron chi connectivity index (χ2n) is 6.50. The first-order valence-corrected chi connectivity index (χ1v) is 9.66. The van der Waals surface area contributed by atoms with E-state index in [9.17, 15) is 17.6 Å². The van der Waals surface area contributed by atoms with E-state index >= 15 is 0 Å². The number of nitrogens with zero attached hydrogens (tertiary/aromatic N) is 2. The molecule has 0 unspecified atom stereocenters. The quantitative estimate of drug-likeness (QED) is 0.840. The number of hydrogen-bond acceptors (Lipinski definition) is 3. The molecule has 0 N–H and O–H groups in total. The summed E-state index contributed by atoms with van der Waals surface area (Å²) in [6.07, 6.45) is 3.06. The molecule has 0 radical (unpaired) electrons. The van der Waals surface area contributed by atoms with Crippen LogP contribution in [0.15, 0.2) is 46.2 Å². The number of benzene rings is 1. The zero-order chi connectivity index (χ0) is 18.2. The summed E-state index contributed by atoms with van der Waals surface area (Å²) < 4.78 is 41.8. The van der Waals surface area contributed by atoms with Gasteiger partial charge in [-0.1, -0.05) is 0 Å². The van der Waals surface area contributed by atoms with Crippen LogP contribution in [-0.4, -0.2) is 30.4 Å². The predicted molar refractivity (Wildman–Crippen MR) is 93.6 cm³/mol. The Hall–Kier alpha value is -1.99. The second-order valence-corrected chi connectivity index (χ2v) is 8.40. The minimum Gasteiger partial charge on any atom is -0.319 e. The van der Waals surface area contributed by atoms with Gasteiger partial charge in [0, 0.05) is 32.4 Å². The highest BCUT2D eigenvalue weighted by Gasteiger charge is 2.31. The summed E-state index contributed by atoms with van der Waals surface area (Å²) in [5, 5.41) is 0. The largest absolute Gasteiger partial charge is 0.319 e. The van der Waals surface area contributed by atoms with Gasteiger partial charge in [0.25, 0.3) is 5.56 Å². The number of aromatic nitrogens is 1. The van der Waals surface area contributed by atoms with Crippen molar-refractivity contribution in [3.63, 3.8) is 0 Å². The Balaban J connectivity index is 1.77. The van der Waals surface area contributed by atoms with E-state index in [0.717, 1.165) is 5.56 Å². The minimum atomic E-state index is -3.63. The van der Waals surface area contributed by atoms with E-state index in [-0.39, 0.29) is 16.4 Å². The Morgan fingerprint density at radius 3 is 2.40 bits per heavy atom. The summed E-state index contributed by atoms with van der Waals surface area (Å²) in [6, 6.07) is 7.28. The summed E-state index contributed by atoms with van der Waals surface area (Å²) in [6.45, 7) is 2.38. The molecule has 1 fully saturated rings. The molecule has 1 aliphatic rings. The van der Waals surface area contributed by atoms with Gasteiger partial charge in [-0.25, -0.2) is 12.8 Å². The van der Waals surface area contributed by atoms with Crippen LogP contribution in [0.4, 0.5) is 4.39 Å². The molecular weight excluding hydrogens is 343 g/mol. The van der Waals surface area contributed by atoms with E-state index in [4.69, 9.17) is 0 Å². The van der Waals surface area contributed by atoms with Gasteiger partial charge in [0.05, 0.1) is 4.90 Å². The molecule has 7 heteroatoms. The number of pyridine rings is 1. The topological polar surface area (TPSA) is 59.4 Å². The maximum atomic E-state index is 13.2. The molecule has 0 saturated carbocycles. The van der Waals surface area contributed by atoms with Crippen molar-refractivity contribution in [3.8, 4) is 0 Å². The summed E-state index contributed by atoms with van der Waals surface area (Å²) >= 11 is 0. The molecule has 2 heterocycles. The van der Waals surface area contributed by atoms with Crippen LogP contribution in [0.2, 0.25) is 0 Å². The van der Waals surface area contributed by atoms with Gasteiger partial charge in [-0.2, -0.15) is 4.31 Å². The molecule has 0 amide bonds. The Labute approximate surface area is 146 Å². The SMILES string of the molecule is Cc1cc(F)ccc1S(=O)(=O)N1CCC(c2ccn(C)c(=O)c2)CC1. The molecule has 0 spiro atoms. The first kappa shape index (κ1) is 17.8. The van der Waals surface area contributed by atoms with Crippen molar-refractivity contribution in [2.45, 2.75) is 30.6 Å². The molecule has 134 valence electrons. The molecule has 1 aromatic heterocycles. The monoisotopic (exact) mass is 364 g/mol. The van der Waals surface area contributed by atoms with Crippen molar-refractivity contribution in [1.82, 2.24) is 8.87 Å². The third kappa shape index (κ3) is 3.52. The molecule has 25 heavy (non-hydrogen) atoms. The van der Waals surface area contributed by atoms with Gasteiger partial charge in [-0.05, 0) is 61.1 Å². The lowest BCUT2D eigenvalue weighted by Gasteiger charge is -2.31. The molecular formula is C18H21FN2O3S. The number of piperidine rings is 1. The summed E-state index contributed by atoms with van der Waals surface area (Å²) in [7, 11) is -1.93. The molecule has 1 aliphatic heterocycles. The Kier molecular flexibility index (Phi) is 4.79. The zero-order valence-electron chi connectivity index (χ0n) is 14.3. The van der Waals surface area contributed by atoms with Crippen molar-refractivity contribution < 1.29 is 12.8 Å². The maximum absolute atomic E-state index is 13.2. The van der Waals surface area contributed by atoms with Gasteiger partial charge < -0.3 is 4.57 Å². The number of aryl methyl sites for hydroxylation is 2. The van der Waals surface area contributed by atoms with Gasteiger partial charge in [0.15, 0.2) is 0 Å². The van der Waals surface area contributed by atoms with Crippen LogP contribution in [0, 0.1) is 12.7 Å². The Morgan fingerprint density at radius 2 is 1.80 bits per heavy atom. The van der Waals surface area contributed by atoms with Crippen LogP contribution >= 0.6 is 0 Å². The van der Waals surface area contributed by atoms with Crippen molar-refractivity contribution in [3.05, 3.63) is 63.8 Å². The van der Waals surface area contributed by atoms with Gasteiger partial charge in [0.1, 0.15) is 5.82 Å². The van der Waals surface area contributed by atoms with Gasteiger partial charge in [-0.3, -0.25) is 4.79 Å². The smallest absolute Gasteiger partial charge is 0.250 e. The lowest BCUT2D eigenvalue weighted by Crippen LogP contribution is -2.38. The lowest BCUT2D eigenvalue weighted by atomic mass is 9.91. The summed E-state index contributed by atoms with van der Waals surface area (Å²) in [5.41, 5.74) is 1.31. The van der Waals surface area contributed by atoms with Gasteiger partial charge in [-0.15, -0.1) is 0 Å². The van der Waals surface area contributed by atoms with E-state index in [1.807, 2.05) is 6.07 Å². The molecule has 1 saturated heterocycles. The fraction of sp³-hybridized carbons (Fsp3) is 0.389.